The van der Waals surface area contributed by atoms with E-state index in [0.717, 1.165) is 16.9 Å². The molecule has 0 radical (unpaired) electrons. The van der Waals surface area contributed by atoms with Crippen molar-refractivity contribution in [1.29, 1.82) is 0 Å². The van der Waals surface area contributed by atoms with Crippen LogP contribution in [0.3, 0.4) is 0 Å². The highest BCUT2D eigenvalue weighted by atomic mass is 79.9. The smallest absolute Gasteiger partial charge is 0.336 e. The van der Waals surface area contributed by atoms with E-state index in [2.05, 4.69) is 15.9 Å². The van der Waals surface area contributed by atoms with Gasteiger partial charge in [-0.05, 0) is 46.6 Å². The highest BCUT2D eigenvalue weighted by Crippen LogP contribution is 2.32. The fourth-order valence-electron chi connectivity index (χ4n) is 1.84. The van der Waals surface area contributed by atoms with Crippen LogP contribution >= 0.6 is 15.9 Å². The molecule has 4 heteroatoms. The van der Waals surface area contributed by atoms with Gasteiger partial charge in [-0.15, -0.1) is 0 Å². The lowest BCUT2D eigenvalue weighted by Crippen LogP contribution is -1.99. The molecule has 0 aliphatic heterocycles. The quantitative estimate of drug-likeness (QED) is 0.917. The molecule has 19 heavy (non-hydrogen) atoms. The van der Waals surface area contributed by atoms with Crippen LogP contribution < -0.4 is 4.74 Å². The minimum Gasteiger partial charge on any atom is -0.493 e. The summed E-state index contributed by atoms with van der Waals surface area (Å²) < 4.78 is 6.13. The number of hydrogen-bond donors (Lipinski definition) is 1. The maximum atomic E-state index is 11.2. The molecule has 1 N–H and O–H groups in total. The second kappa shape index (κ2) is 5.89. The van der Waals surface area contributed by atoms with E-state index < -0.39 is 5.97 Å². The number of rotatable bonds is 4. The van der Waals surface area contributed by atoms with Crippen molar-refractivity contribution in [2.45, 2.75) is 6.92 Å². The molecule has 0 atom stereocenters. The Labute approximate surface area is 120 Å². The number of aromatic carboxylic acids is 1. The number of benzene rings is 2. The van der Waals surface area contributed by atoms with Crippen LogP contribution in [-0.4, -0.2) is 17.7 Å². The first kappa shape index (κ1) is 13.6. The van der Waals surface area contributed by atoms with Gasteiger partial charge in [0, 0.05) is 10.0 Å². The molecule has 0 saturated heterocycles. The Morgan fingerprint density at radius 3 is 2.68 bits per heavy atom. The van der Waals surface area contributed by atoms with E-state index in [1.54, 1.807) is 12.1 Å². The lowest BCUT2D eigenvalue weighted by atomic mass is 10.0. The summed E-state index contributed by atoms with van der Waals surface area (Å²) in [7, 11) is 0. The van der Waals surface area contributed by atoms with Gasteiger partial charge in [-0.25, -0.2) is 4.79 Å². The van der Waals surface area contributed by atoms with Crippen molar-refractivity contribution in [1.82, 2.24) is 0 Å². The first-order valence-electron chi connectivity index (χ1n) is 5.88. The normalized spacial score (nSPS) is 10.2. The van der Waals surface area contributed by atoms with Gasteiger partial charge in [-0.3, -0.25) is 0 Å². The predicted molar refractivity (Wildman–Crippen MR) is 77.7 cm³/mol. The molecule has 0 bridgehead atoms. The van der Waals surface area contributed by atoms with E-state index in [9.17, 15) is 4.79 Å². The maximum absolute atomic E-state index is 11.2. The number of carboxylic acids is 1. The minimum absolute atomic E-state index is 0.240. The molecule has 0 heterocycles. The second-order valence-corrected chi connectivity index (χ2v) is 4.78. The van der Waals surface area contributed by atoms with Crippen LogP contribution in [0, 0.1) is 0 Å². The number of carboxylic acid groups (broad SMARTS) is 1. The summed E-state index contributed by atoms with van der Waals surface area (Å²) in [6.45, 7) is 2.49. The number of hydrogen-bond acceptors (Lipinski definition) is 2. The van der Waals surface area contributed by atoms with Gasteiger partial charge in [0.1, 0.15) is 5.75 Å². The summed E-state index contributed by atoms with van der Waals surface area (Å²) in [5, 5.41) is 9.15. The number of halogens is 1. The van der Waals surface area contributed by atoms with Crippen LogP contribution in [0.2, 0.25) is 0 Å². The van der Waals surface area contributed by atoms with Crippen LogP contribution in [0.15, 0.2) is 46.9 Å². The van der Waals surface area contributed by atoms with E-state index in [1.165, 1.54) is 0 Å². The van der Waals surface area contributed by atoms with Gasteiger partial charge in [0.05, 0.1) is 12.2 Å². The molecule has 2 rings (SSSR count). The lowest BCUT2D eigenvalue weighted by Gasteiger charge is -2.11. The van der Waals surface area contributed by atoms with Gasteiger partial charge in [0.2, 0.25) is 0 Å². The molecule has 0 aliphatic rings. The van der Waals surface area contributed by atoms with Crippen molar-refractivity contribution in [2.75, 3.05) is 6.61 Å². The maximum Gasteiger partial charge on any atom is 0.336 e. The second-order valence-electron chi connectivity index (χ2n) is 3.93. The van der Waals surface area contributed by atoms with Crippen LogP contribution in [-0.2, 0) is 0 Å². The zero-order valence-corrected chi connectivity index (χ0v) is 12.0. The average Bonchev–Trinajstić information content (AvgIpc) is 2.40. The van der Waals surface area contributed by atoms with Gasteiger partial charge in [-0.2, -0.15) is 0 Å². The Kier molecular flexibility index (Phi) is 4.22. The molecule has 0 aromatic heterocycles. The Morgan fingerprint density at radius 1 is 1.26 bits per heavy atom. The number of carbonyl (C=O) groups is 1. The van der Waals surface area contributed by atoms with Crippen LogP contribution in [0.4, 0.5) is 0 Å². The van der Waals surface area contributed by atoms with Crippen molar-refractivity contribution >= 4 is 21.9 Å². The van der Waals surface area contributed by atoms with Gasteiger partial charge in [-0.1, -0.05) is 24.3 Å². The van der Waals surface area contributed by atoms with E-state index in [1.807, 2.05) is 37.3 Å². The summed E-state index contributed by atoms with van der Waals surface area (Å²) >= 11 is 3.24. The number of ether oxygens (including phenoxy) is 1. The first-order valence-corrected chi connectivity index (χ1v) is 6.68. The van der Waals surface area contributed by atoms with Crippen molar-refractivity contribution in [3.05, 3.63) is 52.5 Å². The van der Waals surface area contributed by atoms with E-state index in [0.29, 0.717) is 11.1 Å². The van der Waals surface area contributed by atoms with Gasteiger partial charge in [0.25, 0.3) is 0 Å². The molecule has 2 aromatic rings. The van der Waals surface area contributed by atoms with Crippen molar-refractivity contribution < 1.29 is 14.6 Å². The fraction of sp³-hybridized carbons (Fsp3) is 0.133. The Hall–Kier alpha value is -1.81. The molecule has 3 nitrogen and oxygen atoms in total. The molecular weight excluding hydrogens is 308 g/mol. The van der Waals surface area contributed by atoms with Crippen molar-refractivity contribution in [3.63, 3.8) is 0 Å². The molecular formula is C15H13BrO3. The van der Waals surface area contributed by atoms with E-state index in [-0.39, 0.29) is 5.56 Å². The largest absolute Gasteiger partial charge is 0.493 e. The molecule has 0 unspecified atom stereocenters. The minimum atomic E-state index is -0.956. The van der Waals surface area contributed by atoms with Crippen molar-refractivity contribution in [2.24, 2.45) is 0 Å². The SMILES string of the molecule is CCOc1ccccc1-c1ccc(Br)c(C(=O)O)c1. The summed E-state index contributed by atoms with van der Waals surface area (Å²) in [6.07, 6.45) is 0. The molecule has 0 saturated carbocycles. The topological polar surface area (TPSA) is 46.5 Å². The summed E-state index contributed by atoms with van der Waals surface area (Å²) in [5.41, 5.74) is 1.95. The predicted octanol–water partition coefficient (Wildman–Crippen LogP) is 4.21. The monoisotopic (exact) mass is 320 g/mol. The third kappa shape index (κ3) is 2.96. The zero-order valence-electron chi connectivity index (χ0n) is 10.4. The average molecular weight is 321 g/mol. The first-order chi connectivity index (χ1) is 9.13. The Morgan fingerprint density at radius 2 is 2.00 bits per heavy atom. The molecule has 98 valence electrons. The highest BCUT2D eigenvalue weighted by molar-refractivity contribution is 9.10. The van der Waals surface area contributed by atoms with Gasteiger partial charge >= 0.3 is 5.97 Å². The van der Waals surface area contributed by atoms with Gasteiger partial charge < -0.3 is 9.84 Å². The summed E-state index contributed by atoms with van der Waals surface area (Å²) in [6, 6.07) is 12.8. The number of para-hydroxylation sites is 1. The van der Waals surface area contributed by atoms with Crippen LogP contribution in [0.25, 0.3) is 11.1 Å². The third-order valence-corrected chi connectivity index (χ3v) is 3.39. The Balaban J connectivity index is 2.53. The lowest BCUT2D eigenvalue weighted by molar-refractivity contribution is 0.0696. The molecule has 0 spiro atoms. The molecule has 0 amide bonds. The highest BCUT2D eigenvalue weighted by Gasteiger charge is 2.12. The van der Waals surface area contributed by atoms with Crippen molar-refractivity contribution in [3.8, 4) is 16.9 Å². The van der Waals surface area contributed by atoms with E-state index >= 15 is 0 Å². The standard InChI is InChI=1S/C15H13BrO3/c1-2-19-14-6-4-3-5-11(14)10-7-8-13(16)12(9-10)15(17)18/h3-9H,2H2,1H3,(H,17,18). The third-order valence-electron chi connectivity index (χ3n) is 2.69. The fourth-order valence-corrected chi connectivity index (χ4v) is 2.26. The molecule has 0 fully saturated rings. The van der Waals surface area contributed by atoms with Gasteiger partial charge in [0.15, 0.2) is 0 Å². The summed E-state index contributed by atoms with van der Waals surface area (Å²) in [4.78, 5) is 11.2. The summed E-state index contributed by atoms with van der Waals surface area (Å²) in [5.74, 6) is -0.203. The molecule has 2 aromatic carbocycles. The Bertz CT molecular complexity index is 608. The van der Waals surface area contributed by atoms with E-state index in [4.69, 9.17) is 9.84 Å². The van der Waals surface area contributed by atoms with Crippen LogP contribution in [0.5, 0.6) is 5.75 Å². The molecule has 0 aliphatic carbocycles. The zero-order chi connectivity index (χ0) is 13.8. The van der Waals surface area contributed by atoms with Crippen LogP contribution in [0.1, 0.15) is 17.3 Å².